The van der Waals surface area contributed by atoms with Crippen molar-refractivity contribution in [1.82, 2.24) is 14.7 Å². The van der Waals surface area contributed by atoms with Crippen LogP contribution in [-0.2, 0) is 18.2 Å². The first-order valence-corrected chi connectivity index (χ1v) is 8.00. The topological polar surface area (TPSA) is 30.3 Å². The highest BCUT2D eigenvalue weighted by molar-refractivity contribution is 5.08. The van der Waals surface area contributed by atoms with Crippen LogP contribution in [0.4, 0.5) is 0 Å². The van der Waals surface area contributed by atoms with Crippen LogP contribution in [-0.4, -0.2) is 47.0 Å². The molecule has 3 rings (SSSR count). The van der Waals surface area contributed by atoms with Crippen LogP contribution in [0.2, 0.25) is 0 Å². The lowest BCUT2D eigenvalue weighted by Gasteiger charge is -2.29. The summed E-state index contributed by atoms with van der Waals surface area (Å²) < 4.78 is 7.62. The molecule has 0 aromatic carbocycles. The minimum atomic E-state index is 0.386. The van der Waals surface area contributed by atoms with Crippen LogP contribution in [0.15, 0.2) is 12.4 Å². The standard InChI is InChI=1S/C16H27N3O/c1-18-11-14(10-17-18)9-15-16(20-2)7-8-19(15)12-13-5-3-4-6-13/h10-11,13,15-16H,3-9,12H2,1-2H3/t15-,16-/m0/s1. The Bertz CT molecular complexity index is 425. The lowest BCUT2D eigenvalue weighted by atomic mass is 10.0. The van der Waals surface area contributed by atoms with Crippen molar-refractivity contribution in [2.24, 2.45) is 13.0 Å². The summed E-state index contributed by atoms with van der Waals surface area (Å²) in [5.41, 5.74) is 1.33. The summed E-state index contributed by atoms with van der Waals surface area (Å²) >= 11 is 0. The number of methoxy groups -OCH3 is 1. The van der Waals surface area contributed by atoms with Gasteiger partial charge in [0.15, 0.2) is 0 Å². The molecule has 0 unspecified atom stereocenters. The fourth-order valence-electron chi connectivity index (χ4n) is 3.99. The molecule has 2 heterocycles. The van der Waals surface area contributed by atoms with E-state index in [1.165, 1.54) is 50.8 Å². The Kier molecular flexibility index (Phi) is 4.41. The van der Waals surface area contributed by atoms with Gasteiger partial charge in [-0.25, -0.2) is 0 Å². The molecule has 0 N–H and O–H groups in total. The molecule has 2 fully saturated rings. The summed E-state index contributed by atoms with van der Waals surface area (Å²) in [5, 5.41) is 4.30. The van der Waals surface area contributed by atoms with Crippen LogP contribution in [0.25, 0.3) is 0 Å². The third-order valence-corrected chi connectivity index (χ3v) is 5.07. The predicted octanol–water partition coefficient (Wildman–Crippen LogP) is 2.24. The van der Waals surface area contributed by atoms with Gasteiger partial charge in [0.1, 0.15) is 0 Å². The van der Waals surface area contributed by atoms with Gasteiger partial charge in [0.05, 0.1) is 12.3 Å². The zero-order chi connectivity index (χ0) is 13.9. The van der Waals surface area contributed by atoms with E-state index in [-0.39, 0.29) is 0 Å². The van der Waals surface area contributed by atoms with Crippen molar-refractivity contribution in [2.45, 2.75) is 50.7 Å². The molecule has 1 aliphatic heterocycles. The number of nitrogens with zero attached hydrogens (tertiary/aromatic N) is 3. The lowest BCUT2D eigenvalue weighted by Crippen LogP contribution is -2.40. The van der Waals surface area contributed by atoms with Gasteiger partial charge in [0.25, 0.3) is 0 Å². The number of hydrogen-bond donors (Lipinski definition) is 0. The lowest BCUT2D eigenvalue weighted by molar-refractivity contribution is 0.0617. The maximum atomic E-state index is 5.73. The van der Waals surface area contributed by atoms with E-state index in [2.05, 4.69) is 16.2 Å². The molecule has 0 amide bonds. The molecule has 1 aromatic rings. The SMILES string of the molecule is CO[C@H]1CCN(CC2CCCC2)[C@H]1Cc1cnn(C)c1. The third kappa shape index (κ3) is 3.07. The van der Waals surface area contributed by atoms with E-state index >= 15 is 0 Å². The van der Waals surface area contributed by atoms with E-state index in [4.69, 9.17) is 4.74 Å². The van der Waals surface area contributed by atoms with Crippen molar-refractivity contribution in [1.29, 1.82) is 0 Å². The summed E-state index contributed by atoms with van der Waals surface area (Å²) in [7, 11) is 3.85. The molecule has 0 spiro atoms. The molecule has 1 saturated heterocycles. The Morgan fingerprint density at radius 2 is 2.10 bits per heavy atom. The van der Waals surface area contributed by atoms with Crippen LogP contribution < -0.4 is 0 Å². The Morgan fingerprint density at radius 1 is 1.30 bits per heavy atom. The maximum Gasteiger partial charge on any atom is 0.0741 e. The quantitative estimate of drug-likeness (QED) is 0.827. The van der Waals surface area contributed by atoms with Gasteiger partial charge >= 0.3 is 0 Å². The Hall–Kier alpha value is -0.870. The number of aryl methyl sites for hydroxylation is 1. The summed E-state index contributed by atoms with van der Waals surface area (Å²) in [6.07, 6.45) is 12.5. The number of rotatable bonds is 5. The van der Waals surface area contributed by atoms with Crippen molar-refractivity contribution in [3.63, 3.8) is 0 Å². The second-order valence-electron chi connectivity index (χ2n) is 6.50. The van der Waals surface area contributed by atoms with E-state index in [0.717, 1.165) is 12.3 Å². The molecule has 112 valence electrons. The average molecular weight is 277 g/mol. The fourth-order valence-corrected chi connectivity index (χ4v) is 3.99. The number of hydrogen-bond acceptors (Lipinski definition) is 3. The molecule has 2 atom stereocenters. The largest absolute Gasteiger partial charge is 0.380 e. The smallest absolute Gasteiger partial charge is 0.0741 e. The molecule has 0 bridgehead atoms. The Labute approximate surface area is 122 Å². The number of likely N-dealkylation sites (tertiary alicyclic amines) is 1. The molecule has 20 heavy (non-hydrogen) atoms. The maximum absolute atomic E-state index is 5.73. The van der Waals surface area contributed by atoms with Gasteiger partial charge in [0.2, 0.25) is 0 Å². The van der Waals surface area contributed by atoms with Crippen molar-refractivity contribution in [3.05, 3.63) is 18.0 Å². The third-order valence-electron chi connectivity index (χ3n) is 5.07. The van der Waals surface area contributed by atoms with Crippen LogP contribution >= 0.6 is 0 Å². The van der Waals surface area contributed by atoms with Crippen molar-refractivity contribution < 1.29 is 4.74 Å². The molecular formula is C16H27N3O. The average Bonchev–Trinajstić information content (AvgIpc) is 3.15. The fraction of sp³-hybridized carbons (Fsp3) is 0.812. The van der Waals surface area contributed by atoms with E-state index < -0.39 is 0 Å². The Morgan fingerprint density at radius 3 is 2.75 bits per heavy atom. The summed E-state index contributed by atoms with van der Waals surface area (Å²) in [5.74, 6) is 0.919. The van der Waals surface area contributed by atoms with E-state index in [1.54, 1.807) is 0 Å². The van der Waals surface area contributed by atoms with Gasteiger partial charge in [0, 0.05) is 39.5 Å². The first-order chi connectivity index (χ1) is 9.76. The molecule has 1 saturated carbocycles. The van der Waals surface area contributed by atoms with Gasteiger partial charge in [-0.15, -0.1) is 0 Å². The molecule has 1 aliphatic carbocycles. The highest BCUT2D eigenvalue weighted by Crippen LogP contribution is 2.30. The second kappa shape index (κ2) is 6.27. The highest BCUT2D eigenvalue weighted by Gasteiger charge is 2.35. The van der Waals surface area contributed by atoms with Crippen LogP contribution in [0.1, 0.15) is 37.7 Å². The van der Waals surface area contributed by atoms with Crippen LogP contribution in [0, 0.1) is 5.92 Å². The number of aromatic nitrogens is 2. The zero-order valence-electron chi connectivity index (χ0n) is 12.8. The van der Waals surface area contributed by atoms with Crippen molar-refractivity contribution >= 4 is 0 Å². The molecule has 4 nitrogen and oxygen atoms in total. The predicted molar refractivity (Wildman–Crippen MR) is 79.6 cm³/mol. The Balaban J connectivity index is 1.65. The van der Waals surface area contributed by atoms with E-state index in [0.29, 0.717) is 12.1 Å². The molecular weight excluding hydrogens is 250 g/mol. The normalized spacial score (nSPS) is 28.5. The van der Waals surface area contributed by atoms with E-state index in [9.17, 15) is 0 Å². The zero-order valence-corrected chi connectivity index (χ0v) is 12.8. The highest BCUT2D eigenvalue weighted by atomic mass is 16.5. The van der Waals surface area contributed by atoms with Crippen molar-refractivity contribution in [2.75, 3.05) is 20.2 Å². The summed E-state index contributed by atoms with van der Waals surface area (Å²) in [4.78, 5) is 2.68. The van der Waals surface area contributed by atoms with Crippen LogP contribution in [0.3, 0.4) is 0 Å². The monoisotopic (exact) mass is 277 g/mol. The molecule has 1 aromatic heterocycles. The first kappa shape index (κ1) is 14.1. The minimum absolute atomic E-state index is 0.386. The first-order valence-electron chi connectivity index (χ1n) is 8.00. The van der Waals surface area contributed by atoms with Gasteiger partial charge in [-0.1, -0.05) is 12.8 Å². The van der Waals surface area contributed by atoms with Crippen molar-refractivity contribution in [3.8, 4) is 0 Å². The van der Waals surface area contributed by atoms with Gasteiger partial charge in [-0.05, 0) is 37.2 Å². The second-order valence-corrected chi connectivity index (χ2v) is 6.50. The van der Waals surface area contributed by atoms with Crippen LogP contribution in [0.5, 0.6) is 0 Å². The summed E-state index contributed by atoms with van der Waals surface area (Å²) in [6, 6.07) is 0.532. The number of ether oxygens (including phenoxy) is 1. The van der Waals surface area contributed by atoms with Gasteiger partial charge < -0.3 is 4.74 Å². The molecule has 4 heteroatoms. The van der Waals surface area contributed by atoms with Gasteiger partial charge in [-0.3, -0.25) is 9.58 Å². The van der Waals surface area contributed by atoms with E-state index in [1.807, 2.05) is 25.0 Å². The van der Waals surface area contributed by atoms with Gasteiger partial charge in [-0.2, -0.15) is 5.10 Å². The molecule has 0 radical (unpaired) electrons. The summed E-state index contributed by atoms with van der Waals surface area (Å²) in [6.45, 7) is 2.46. The minimum Gasteiger partial charge on any atom is -0.380 e. The molecule has 2 aliphatic rings.